The van der Waals surface area contributed by atoms with Crippen LogP contribution in [0.5, 0.6) is 0 Å². The van der Waals surface area contributed by atoms with E-state index < -0.39 is 0 Å². The van der Waals surface area contributed by atoms with Gasteiger partial charge in [0.2, 0.25) is 0 Å². The van der Waals surface area contributed by atoms with Gasteiger partial charge in [-0.05, 0) is 25.1 Å². The molecule has 0 bridgehead atoms. The number of aliphatic hydroxyl groups is 1. The molecule has 0 radical (unpaired) electrons. The first-order valence-electron chi connectivity index (χ1n) is 4.95. The zero-order valence-electron chi connectivity index (χ0n) is 9.27. The van der Waals surface area contributed by atoms with Crippen molar-refractivity contribution in [1.82, 2.24) is 4.90 Å². The molecule has 5 heteroatoms. The summed E-state index contributed by atoms with van der Waals surface area (Å²) >= 11 is 3.33. The molecule has 2 N–H and O–H groups in total. The van der Waals surface area contributed by atoms with Crippen LogP contribution in [-0.2, 0) is 0 Å². The lowest BCUT2D eigenvalue weighted by Gasteiger charge is -2.23. The van der Waals surface area contributed by atoms with E-state index in [2.05, 4.69) is 21.2 Å². The highest BCUT2D eigenvalue weighted by Gasteiger charge is 2.14. The van der Waals surface area contributed by atoms with E-state index in [4.69, 9.17) is 5.11 Å². The van der Waals surface area contributed by atoms with Crippen LogP contribution >= 0.6 is 15.9 Å². The summed E-state index contributed by atoms with van der Waals surface area (Å²) in [4.78, 5) is 13.2. The summed E-state index contributed by atoms with van der Waals surface area (Å²) < 4.78 is 0.906. The van der Waals surface area contributed by atoms with E-state index in [1.807, 2.05) is 18.2 Å². The quantitative estimate of drug-likeness (QED) is 0.896. The normalized spacial score (nSPS) is 12.0. The number of carbonyl (C=O) groups excluding carboxylic acids is 1. The number of urea groups is 1. The number of aliphatic hydroxyl groups excluding tert-OH is 1. The fraction of sp³-hybridized carbons (Fsp3) is 0.364. The van der Waals surface area contributed by atoms with Gasteiger partial charge in [-0.15, -0.1) is 0 Å². The van der Waals surface area contributed by atoms with Gasteiger partial charge < -0.3 is 15.3 Å². The number of carbonyl (C=O) groups is 1. The number of nitrogens with one attached hydrogen (secondary N) is 1. The number of halogens is 1. The first kappa shape index (κ1) is 13.0. The predicted molar refractivity (Wildman–Crippen MR) is 67.5 cm³/mol. The van der Waals surface area contributed by atoms with Crippen LogP contribution in [0, 0.1) is 0 Å². The second-order valence-electron chi connectivity index (χ2n) is 3.58. The molecule has 0 heterocycles. The number of nitrogens with zero attached hydrogens (tertiary/aromatic N) is 1. The molecule has 0 saturated carbocycles. The van der Waals surface area contributed by atoms with Crippen molar-refractivity contribution in [2.75, 3.05) is 19.0 Å². The Morgan fingerprint density at radius 1 is 1.62 bits per heavy atom. The Bertz CT molecular complexity index is 371. The topological polar surface area (TPSA) is 52.6 Å². The molecule has 0 aliphatic heterocycles. The second-order valence-corrected chi connectivity index (χ2v) is 4.50. The van der Waals surface area contributed by atoms with Crippen LogP contribution in [0.4, 0.5) is 10.5 Å². The molecule has 0 spiro atoms. The van der Waals surface area contributed by atoms with Crippen LogP contribution in [0.3, 0.4) is 0 Å². The number of likely N-dealkylation sites (N-methyl/N-ethyl adjacent to an activating group) is 1. The number of hydrogen-bond acceptors (Lipinski definition) is 2. The molecule has 1 aromatic carbocycles. The summed E-state index contributed by atoms with van der Waals surface area (Å²) in [6, 6.07) is 6.91. The summed E-state index contributed by atoms with van der Waals surface area (Å²) in [5, 5.41) is 11.7. The van der Waals surface area contributed by atoms with Crippen molar-refractivity contribution in [3.63, 3.8) is 0 Å². The molecular formula is C11H15BrN2O2. The van der Waals surface area contributed by atoms with Gasteiger partial charge >= 0.3 is 6.03 Å². The van der Waals surface area contributed by atoms with Gasteiger partial charge in [-0.1, -0.05) is 22.0 Å². The van der Waals surface area contributed by atoms with Crippen LogP contribution < -0.4 is 5.32 Å². The summed E-state index contributed by atoms with van der Waals surface area (Å²) in [5.41, 5.74) is 0.719. The van der Waals surface area contributed by atoms with Crippen LogP contribution in [0.2, 0.25) is 0 Å². The molecule has 1 unspecified atom stereocenters. The molecule has 0 saturated heterocycles. The summed E-state index contributed by atoms with van der Waals surface area (Å²) in [6.07, 6.45) is 0. The van der Waals surface area contributed by atoms with Crippen molar-refractivity contribution in [3.8, 4) is 0 Å². The number of amides is 2. The lowest BCUT2D eigenvalue weighted by molar-refractivity contribution is 0.166. The Morgan fingerprint density at radius 3 is 2.88 bits per heavy atom. The van der Waals surface area contributed by atoms with Gasteiger partial charge in [0.1, 0.15) is 0 Å². The van der Waals surface area contributed by atoms with E-state index in [0.717, 1.165) is 10.2 Å². The van der Waals surface area contributed by atoms with E-state index in [1.165, 1.54) is 4.90 Å². The van der Waals surface area contributed by atoms with Crippen LogP contribution in [-0.4, -0.2) is 35.7 Å². The average molecular weight is 287 g/mol. The van der Waals surface area contributed by atoms with Gasteiger partial charge in [-0.2, -0.15) is 0 Å². The maximum absolute atomic E-state index is 11.7. The first-order valence-corrected chi connectivity index (χ1v) is 5.74. The van der Waals surface area contributed by atoms with Crippen molar-refractivity contribution in [2.45, 2.75) is 13.0 Å². The minimum absolute atomic E-state index is 0.0532. The van der Waals surface area contributed by atoms with Crippen LogP contribution in [0.25, 0.3) is 0 Å². The minimum atomic E-state index is -0.236. The highest BCUT2D eigenvalue weighted by atomic mass is 79.9. The molecule has 0 aliphatic carbocycles. The van der Waals surface area contributed by atoms with Gasteiger partial charge in [0.05, 0.1) is 12.6 Å². The molecule has 1 atom stereocenters. The third-order valence-electron chi connectivity index (χ3n) is 2.32. The van der Waals surface area contributed by atoms with E-state index in [-0.39, 0.29) is 18.7 Å². The van der Waals surface area contributed by atoms with Crippen molar-refractivity contribution >= 4 is 27.6 Å². The zero-order valence-corrected chi connectivity index (χ0v) is 10.9. The largest absolute Gasteiger partial charge is 0.394 e. The standard InChI is InChI=1S/C11H15BrN2O2/c1-8(7-15)14(2)11(16)13-10-5-3-4-9(12)6-10/h3-6,8,15H,7H2,1-2H3,(H,13,16). The molecule has 2 amide bonds. The smallest absolute Gasteiger partial charge is 0.321 e. The van der Waals surface area contributed by atoms with E-state index >= 15 is 0 Å². The Balaban J connectivity index is 2.64. The molecule has 16 heavy (non-hydrogen) atoms. The lowest BCUT2D eigenvalue weighted by Crippen LogP contribution is -2.40. The Morgan fingerprint density at radius 2 is 2.31 bits per heavy atom. The van der Waals surface area contributed by atoms with Gasteiger partial charge in [0.15, 0.2) is 0 Å². The number of hydrogen-bond donors (Lipinski definition) is 2. The highest BCUT2D eigenvalue weighted by molar-refractivity contribution is 9.10. The third-order valence-corrected chi connectivity index (χ3v) is 2.81. The van der Waals surface area contributed by atoms with Crippen molar-refractivity contribution in [1.29, 1.82) is 0 Å². The minimum Gasteiger partial charge on any atom is -0.394 e. The highest BCUT2D eigenvalue weighted by Crippen LogP contribution is 2.16. The van der Waals surface area contributed by atoms with Gasteiger partial charge in [0, 0.05) is 17.2 Å². The summed E-state index contributed by atoms with van der Waals surface area (Å²) in [6.45, 7) is 1.73. The predicted octanol–water partition coefficient (Wildman–Crippen LogP) is 2.29. The lowest BCUT2D eigenvalue weighted by atomic mass is 10.3. The number of benzene rings is 1. The van der Waals surface area contributed by atoms with Crippen molar-refractivity contribution < 1.29 is 9.90 Å². The number of anilines is 1. The maximum atomic E-state index is 11.7. The molecule has 1 aromatic rings. The molecule has 0 aromatic heterocycles. The molecular weight excluding hydrogens is 272 g/mol. The Hall–Kier alpha value is -1.07. The molecule has 0 fully saturated rings. The fourth-order valence-corrected chi connectivity index (χ4v) is 1.50. The van der Waals surface area contributed by atoms with E-state index in [0.29, 0.717) is 0 Å². The third kappa shape index (κ3) is 3.50. The van der Waals surface area contributed by atoms with Crippen molar-refractivity contribution in [3.05, 3.63) is 28.7 Å². The second kappa shape index (κ2) is 5.86. The van der Waals surface area contributed by atoms with Crippen LogP contribution in [0.1, 0.15) is 6.92 Å². The monoisotopic (exact) mass is 286 g/mol. The van der Waals surface area contributed by atoms with Gasteiger partial charge in [-0.25, -0.2) is 4.79 Å². The molecule has 0 aliphatic rings. The number of rotatable bonds is 3. The van der Waals surface area contributed by atoms with E-state index in [9.17, 15) is 4.79 Å². The first-order chi connectivity index (χ1) is 7.54. The fourth-order valence-electron chi connectivity index (χ4n) is 1.10. The van der Waals surface area contributed by atoms with Gasteiger partial charge in [-0.3, -0.25) is 0 Å². The van der Waals surface area contributed by atoms with E-state index in [1.54, 1.807) is 20.0 Å². The zero-order chi connectivity index (χ0) is 12.1. The SMILES string of the molecule is CC(CO)N(C)C(=O)Nc1cccc(Br)c1. The summed E-state index contributed by atoms with van der Waals surface area (Å²) in [5.74, 6) is 0. The maximum Gasteiger partial charge on any atom is 0.321 e. The van der Waals surface area contributed by atoms with Crippen molar-refractivity contribution in [2.24, 2.45) is 0 Å². The average Bonchev–Trinajstić information content (AvgIpc) is 2.27. The Labute approximate surface area is 103 Å². The summed E-state index contributed by atoms with van der Waals surface area (Å²) in [7, 11) is 1.65. The van der Waals surface area contributed by atoms with Crippen LogP contribution in [0.15, 0.2) is 28.7 Å². The molecule has 1 rings (SSSR count). The molecule has 4 nitrogen and oxygen atoms in total. The molecule has 88 valence electrons. The Kier molecular flexibility index (Phi) is 4.76. The van der Waals surface area contributed by atoms with Gasteiger partial charge in [0.25, 0.3) is 0 Å².